The lowest BCUT2D eigenvalue weighted by atomic mass is 10.6. The molecule has 0 aromatic carbocycles. The molecule has 0 aromatic rings. The van der Waals surface area contributed by atoms with Crippen LogP contribution in [-0.2, 0) is 14.3 Å². The van der Waals surface area contributed by atoms with Gasteiger partial charge >= 0.3 is 12.1 Å². The molecule has 0 atom stereocenters. The van der Waals surface area contributed by atoms with Gasteiger partial charge in [-0.25, -0.2) is 4.79 Å². The Kier molecular flexibility index (Phi) is 5.40. The molecule has 0 spiro atoms. The van der Waals surface area contributed by atoms with E-state index in [9.17, 15) is 18.0 Å². The Bertz CT molecular complexity index is 156. The van der Waals surface area contributed by atoms with Crippen LogP contribution in [-0.4, -0.2) is 43.7 Å². The zero-order valence-corrected chi connectivity index (χ0v) is 6.63. The molecule has 0 heterocycles. The second-order valence-electron chi connectivity index (χ2n) is 1.97. The van der Waals surface area contributed by atoms with Crippen molar-refractivity contribution in [3.05, 3.63) is 0 Å². The highest BCUT2D eigenvalue weighted by Gasteiger charge is 2.40. The Hall–Kier alpha value is -0.820. The van der Waals surface area contributed by atoms with Crippen LogP contribution in [0.5, 0.6) is 0 Å². The van der Waals surface area contributed by atoms with Crippen molar-refractivity contribution in [2.24, 2.45) is 0 Å². The predicted molar refractivity (Wildman–Crippen MR) is 34.9 cm³/mol. The highest BCUT2D eigenvalue weighted by molar-refractivity contribution is 5.75. The molecule has 0 aromatic heterocycles. The summed E-state index contributed by atoms with van der Waals surface area (Å²) in [5, 5.41) is 8.19. The second-order valence-corrected chi connectivity index (χ2v) is 1.97. The first-order valence-corrected chi connectivity index (χ1v) is 3.41. The number of rotatable bonds is 5. The molecule has 0 fully saturated rings. The number of aliphatic hydroxyl groups is 1. The minimum Gasteiger partial charge on any atom is -0.457 e. The van der Waals surface area contributed by atoms with E-state index in [1.165, 1.54) is 0 Å². The summed E-state index contributed by atoms with van der Waals surface area (Å²) in [6.45, 7) is -0.864. The van der Waals surface area contributed by atoms with E-state index in [2.05, 4.69) is 9.47 Å². The SMILES string of the molecule is O=C(OCCOCCO)C(F)(F)F. The number of ether oxygens (including phenoxy) is 2. The summed E-state index contributed by atoms with van der Waals surface area (Å²) in [6.07, 6.45) is -4.96. The number of halogens is 3. The lowest BCUT2D eigenvalue weighted by Crippen LogP contribution is -2.26. The molecule has 0 amide bonds. The van der Waals surface area contributed by atoms with Crippen molar-refractivity contribution in [1.82, 2.24) is 0 Å². The molecular weight excluding hydrogens is 193 g/mol. The van der Waals surface area contributed by atoms with Crippen molar-refractivity contribution >= 4 is 5.97 Å². The van der Waals surface area contributed by atoms with Gasteiger partial charge in [-0.1, -0.05) is 0 Å². The Morgan fingerprint density at radius 3 is 2.31 bits per heavy atom. The monoisotopic (exact) mass is 202 g/mol. The highest BCUT2D eigenvalue weighted by Crippen LogP contribution is 2.15. The van der Waals surface area contributed by atoms with E-state index in [0.717, 1.165) is 0 Å². The van der Waals surface area contributed by atoms with Gasteiger partial charge in [0.15, 0.2) is 0 Å². The molecule has 1 N–H and O–H groups in total. The number of hydrogen-bond acceptors (Lipinski definition) is 4. The van der Waals surface area contributed by atoms with Gasteiger partial charge in [0.25, 0.3) is 0 Å². The van der Waals surface area contributed by atoms with Crippen LogP contribution in [0, 0.1) is 0 Å². The quantitative estimate of drug-likeness (QED) is 0.507. The van der Waals surface area contributed by atoms with Gasteiger partial charge in [0.1, 0.15) is 6.61 Å². The number of carbonyl (C=O) groups is 1. The van der Waals surface area contributed by atoms with E-state index in [1.54, 1.807) is 0 Å². The molecule has 13 heavy (non-hydrogen) atoms. The van der Waals surface area contributed by atoms with Crippen LogP contribution in [0.1, 0.15) is 0 Å². The lowest BCUT2D eigenvalue weighted by molar-refractivity contribution is -0.200. The summed E-state index contributed by atoms with van der Waals surface area (Å²) in [4.78, 5) is 10.0. The Morgan fingerprint density at radius 1 is 1.23 bits per heavy atom. The van der Waals surface area contributed by atoms with Gasteiger partial charge in [0, 0.05) is 0 Å². The minimum atomic E-state index is -4.96. The molecule has 0 saturated heterocycles. The maximum absolute atomic E-state index is 11.5. The van der Waals surface area contributed by atoms with Gasteiger partial charge < -0.3 is 14.6 Å². The summed E-state index contributed by atoms with van der Waals surface area (Å²) in [5.74, 6) is -2.24. The Morgan fingerprint density at radius 2 is 1.85 bits per heavy atom. The van der Waals surface area contributed by atoms with Crippen LogP contribution >= 0.6 is 0 Å². The molecule has 0 bridgehead atoms. The van der Waals surface area contributed by atoms with E-state index in [1.807, 2.05) is 0 Å². The number of esters is 1. The first-order chi connectivity index (χ1) is 5.98. The maximum atomic E-state index is 11.5. The summed E-state index contributed by atoms with van der Waals surface area (Å²) in [6, 6.07) is 0. The zero-order valence-electron chi connectivity index (χ0n) is 6.63. The Labute approximate surface area is 72.2 Å². The third-order valence-electron chi connectivity index (χ3n) is 0.928. The number of aliphatic hydroxyl groups excluding tert-OH is 1. The summed E-state index contributed by atoms with van der Waals surface area (Å²) in [7, 11) is 0. The van der Waals surface area contributed by atoms with Crippen molar-refractivity contribution < 1.29 is 32.5 Å². The summed E-state index contributed by atoms with van der Waals surface area (Å²) >= 11 is 0. The Balaban J connectivity index is 3.38. The van der Waals surface area contributed by atoms with Crippen molar-refractivity contribution in [3.8, 4) is 0 Å². The third-order valence-corrected chi connectivity index (χ3v) is 0.928. The maximum Gasteiger partial charge on any atom is 0.490 e. The normalized spacial score (nSPS) is 11.4. The van der Waals surface area contributed by atoms with E-state index in [-0.39, 0.29) is 19.8 Å². The van der Waals surface area contributed by atoms with Gasteiger partial charge in [-0.3, -0.25) is 0 Å². The van der Waals surface area contributed by atoms with E-state index < -0.39 is 18.8 Å². The molecule has 0 rings (SSSR count). The fourth-order valence-corrected chi connectivity index (χ4v) is 0.442. The molecule has 7 heteroatoms. The molecule has 0 aliphatic rings. The van der Waals surface area contributed by atoms with E-state index in [4.69, 9.17) is 5.11 Å². The summed E-state index contributed by atoms with van der Waals surface area (Å²) in [5.41, 5.74) is 0. The highest BCUT2D eigenvalue weighted by atomic mass is 19.4. The van der Waals surface area contributed by atoms with Gasteiger partial charge in [-0.05, 0) is 0 Å². The number of carbonyl (C=O) groups excluding carboxylic acids is 1. The van der Waals surface area contributed by atoms with Gasteiger partial charge in [-0.2, -0.15) is 13.2 Å². The first-order valence-electron chi connectivity index (χ1n) is 3.41. The smallest absolute Gasteiger partial charge is 0.457 e. The average Bonchev–Trinajstić information content (AvgIpc) is 2.02. The van der Waals surface area contributed by atoms with Crippen LogP contribution in [0.25, 0.3) is 0 Å². The standard InChI is InChI=1S/C6H9F3O4/c7-6(8,9)5(11)13-4-3-12-2-1-10/h10H,1-4H2. The lowest BCUT2D eigenvalue weighted by Gasteiger charge is -2.06. The molecule has 78 valence electrons. The van der Waals surface area contributed by atoms with Crippen LogP contribution in [0.15, 0.2) is 0 Å². The van der Waals surface area contributed by atoms with E-state index in [0.29, 0.717) is 0 Å². The second kappa shape index (κ2) is 5.76. The third kappa shape index (κ3) is 6.35. The van der Waals surface area contributed by atoms with Crippen LogP contribution in [0.4, 0.5) is 13.2 Å². The topological polar surface area (TPSA) is 55.8 Å². The van der Waals surface area contributed by atoms with Crippen molar-refractivity contribution in [2.75, 3.05) is 26.4 Å². The fraction of sp³-hybridized carbons (Fsp3) is 0.833. The number of hydrogen-bond donors (Lipinski definition) is 1. The zero-order chi connectivity index (χ0) is 10.3. The van der Waals surface area contributed by atoms with Crippen LogP contribution in [0.3, 0.4) is 0 Å². The summed E-state index contributed by atoms with van der Waals surface area (Å²) < 4.78 is 42.7. The van der Waals surface area contributed by atoms with Crippen molar-refractivity contribution in [2.45, 2.75) is 6.18 Å². The molecule has 4 nitrogen and oxygen atoms in total. The van der Waals surface area contributed by atoms with Gasteiger partial charge in [-0.15, -0.1) is 0 Å². The first kappa shape index (κ1) is 12.2. The average molecular weight is 202 g/mol. The van der Waals surface area contributed by atoms with E-state index >= 15 is 0 Å². The largest absolute Gasteiger partial charge is 0.490 e. The molecule has 0 radical (unpaired) electrons. The fourth-order valence-electron chi connectivity index (χ4n) is 0.442. The van der Waals surface area contributed by atoms with Gasteiger partial charge in [0.2, 0.25) is 0 Å². The minimum absolute atomic E-state index is 0.00354. The number of alkyl halides is 3. The molecule has 0 unspecified atom stereocenters. The predicted octanol–water partition coefficient (Wildman–Crippen LogP) is 0.101. The van der Waals surface area contributed by atoms with Crippen molar-refractivity contribution in [3.63, 3.8) is 0 Å². The van der Waals surface area contributed by atoms with Gasteiger partial charge in [0.05, 0.1) is 19.8 Å². The van der Waals surface area contributed by atoms with Crippen LogP contribution < -0.4 is 0 Å². The molecular formula is C6H9F3O4. The molecule has 0 aliphatic heterocycles. The van der Waals surface area contributed by atoms with Crippen molar-refractivity contribution in [1.29, 1.82) is 0 Å². The van der Waals surface area contributed by atoms with Crippen LogP contribution in [0.2, 0.25) is 0 Å². The molecule has 0 aliphatic carbocycles. The molecule has 0 saturated carbocycles.